The zero-order valence-electron chi connectivity index (χ0n) is 10.0. The second kappa shape index (κ2) is 4.37. The first kappa shape index (κ1) is 11.9. The summed E-state index contributed by atoms with van der Waals surface area (Å²) in [5, 5.41) is 9.33. The van der Waals surface area contributed by atoms with Crippen LogP contribution in [0.15, 0.2) is 18.2 Å². The molecule has 17 heavy (non-hydrogen) atoms. The van der Waals surface area contributed by atoms with Crippen LogP contribution in [0.5, 0.6) is 5.75 Å². The highest BCUT2D eigenvalue weighted by Crippen LogP contribution is 2.50. The van der Waals surface area contributed by atoms with Gasteiger partial charge in [0.05, 0.1) is 19.1 Å². The Labute approximate surface area is 100 Å². The van der Waals surface area contributed by atoms with Crippen molar-refractivity contribution in [2.75, 3.05) is 14.2 Å². The molecule has 1 aromatic carbocycles. The predicted molar refractivity (Wildman–Crippen MR) is 62.3 cm³/mol. The van der Waals surface area contributed by atoms with Crippen molar-refractivity contribution in [1.29, 1.82) is 0 Å². The molecule has 1 fully saturated rings. The van der Waals surface area contributed by atoms with Crippen molar-refractivity contribution >= 4 is 5.97 Å². The van der Waals surface area contributed by atoms with Crippen LogP contribution in [0.25, 0.3) is 0 Å². The Morgan fingerprint density at radius 3 is 2.59 bits per heavy atom. The van der Waals surface area contributed by atoms with E-state index in [1.807, 2.05) is 18.2 Å². The molecule has 0 saturated heterocycles. The summed E-state index contributed by atoms with van der Waals surface area (Å²) >= 11 is 0. The lowest BCUT2D eigenvalue weighted by Crippen LogP contribution is -2.21. The zero-order valence-corrected chi connectivity index (χ0v) is 10.0. The van der Waals surface area contributed by atoms with E-state index in [1.54, 1.807) is 14.2 Å². The van der Waals surface area contributed by atoms with Crippen LogP contribution in [0, 0.1) is 0 Å². The van der Waals surface area contributed by atoms with Gasteiger partial charge in [0, 0.05) is 12.7 Å². The third kappa shape index (κ3) is 1.89. The molecule has 0 spiro atoms. The minimum atomic E-state index is -0.761. The summed E-state index contributed by atoms with van der Waals surface area (Å²) in [5.41, 5.74) is 0.950. The molecule has 0 amide bonds. The minimum Gasteiger partial charge on any atom is -0.496 e. The average Bonchev–Trinajstić information content (AvgIpc) is 3.11. The Morgan fingerprint density at radius 2 is 2.12 bits per heavy atom. The van der Waals surface area contributed by atoms with Crippen molar-refractivity contribution in [2.45, 2.75) is 24.9 Å². The molecule has 4 heteroatoms. The topological polar surface area (TPSA) is 55.8 Å². The van der Waals surface area contributed by atoms with Crippen LogP contribution >= 0.6 is 0 Å². The summed E-state index contributed by atoms with van der Waals surface area (Å²) in [6.07, 6.45) is 1.37. The number of hydrogen-bond donors (Lipinski definition) is 1. The molecule has 2 rings (SSSR count). The Balaban J connectivity index is 2.50. The molecule has 4 nitrogen and oxygen atoms in total. The number of aliphatic carboxylic acids is 1. The number of carboxylic acids is 1. The molecular formula is C13H16O4. The molecule has 0 unspecified atom stereocenters. The Hall–Kier alpha value is -1.55. The Kier molecular flexibility index (Phi) is 3.07. The molecule has 1 aromatic rings. The molecule has 1 aliphatic carbocycles. The minimum absolute atomic E-state index is 0.369. The van der Waals surface area contributed by atoms with E-state index in [4.69, 9.17) is 9.47 Å². The molecular weight excluding hydrogens is 220 g/mol. The van der Waals surface area contributed by atoms with Crippen molar-refractivity contribution in [3.8, 4) is 5.75 Å². The van der Waals surface area contributed by atoms with Gasteiger partial charge in [0.2, 0.25) is 0 Å². The molecule has 0 radical (unpaired) electrons. The van der Waals surface area contributed by atoms with Gasteiger partial charge < -0.3 is 14.6 Å². The molecule has 1 saturated carbocycles. The van der Waals surface area contributed by atoms with Gasteiger partial charge in [0.25, 0.3) is 0 Å². The standard InChI is InChI=1S/C13H16O4/c1-16-8-9-10(4-3-5-11(9)17-2)13(6-7-13)12(14)15/h3-5H,6-8H2,1-2H3,(H,14,15). The first-order valence-corrected chi connectivity index (χ1v) is 5.54. The van der Waals surface area contributed by atoms with Gasteiger partial charge in [-0.15, -0.1) is 0 Å². The van der Waals surface area contributed by atoms with Crippen LogP contribution in [0.4, 0.5) is 0 Å². The summed E-state index contributed by atoms with van der Waals surface area (Å²) in [5.74, 6) is -0.0695. The molecule has 0 heterocycles. The van der Waals surface area contributed by atoms with Crippen molar-refractivity contribution in [2.24, 2.45) is 0 Å². The van der Waals surface area contributed by atoms with Crippen LogP contribution in [-0.2, 0) is 21.6 Å². The Morgan fingerprint density at radius 1 is 1.41 bits per heavy atom. The van der Waals surface area contributed by atoms with Gasteiger partial charge in [-0.25, -0.2) is 0 Å². The molecule has 0 aromatic heterocycles. The summed E-state index contributed by atoms with van der Waals surface area (Å²) in [6, 6.07) is 5.52. The lowest BCUT2D eigenvalue weighted by molar-refractivity contribution is -0.140. The zero-order chi connectivity index (χ0) is 12.5. The fraction of sp³-hybridized carbons (Fsp3) is 0.462. The van der Waals surface area contributed by atoms with Crippen molar-refractivity contribution in [3.63, 3.8) is 0 Å². The molecule has 1 aliphatic rings. The lowest BCUT2D eigenvalue weighted by Gasteiger charge is -2.17. The number of methoxy groups -OCH3 is 2. The third-order valence-corrected chi connectivity index (χ3v) is 3.32. The van der Waals surface area contributed by atoms with Gasteiger partial charge in [0.15, 0.2) is 0 Å². The smallest absolute Gasteiger partial charge is 0.314 e. The number of benzene rings is 1. The highest BCUT2D eigenvalue weighted by Gasteiger charge is 2.53. The fourth-order valence-corrected chi connectivity index (χ4v) is 2.22. The van der Waals surface area contributed by atoms with E-state index in [2.05, 4.69) is 0 Å². The maximum Gasteiger partial charge on any atom is 0.314 e. The number of hydrogen-bond acceptors (Lipinski definition) is 3. The first-order chi connectivity index (χ1) is 8.15. The number of carboxylic acid groups (broad SMARTS) is 1. The van der Waals surface area contributed by atoms with Gasteiger partial charge in [-0.1, -0.05) is 12.1 Å². The van der Waals surface area contributed by atoms with Gasteiger partial charge >= 0.3 is 5.97 Å². The maximum atomic E-state index is 11.4. The van der Waals surface area contributed by atoms with Gasteiger partial charge in [-0.05, 0) is 24.5 Å². The molecule has 0 bridgehead atoms. The quantitative estimate of drug-likeness (QED) is 0.849. The summed E-state index contributed by atoms with van der Waals surface area (Å²) in [7, 11) is 3.18. The number of carbonyl (C=O) groups is 1. The molecule has 92 valence electrons. The molecule has 1 N–H and O–H groups in total. The molecule has 0 aliphatic heterocycles. The average molecular weight is 236 g/mol. The predicted octanol–water partition coefficient (Wildman–Crippen LogP) is 1.96. The first-order valence-electron chi connectivity index (χ1n) is 5.54. The van der Waals surface area contributed by atoms with Gasteiger partial charge in [0.1, 0.15) is 5.75 Å². The summed E-state index contributed by atoms with van der Waals surface area (Å²) < 4.78 is 10.4. The molecule has 0 atom stereocenters. The van der Waals surface area contributed by atoms with Crippen molar-refractivity contribution in [3.05, 3.63) is 29.3 Å². The van der Waals surface area contributed by atoms with Gasteiger partial charge in [-0.3, -0.25) is 4.79 Å². The maximum absolute atomic E-state index is 11.4. The highest BCUT2D eigenvalue weighted by molar-refractivity contribution is 5.85. The Bertz CT molecular complexity index is 435. The third-order valence-electron chi connectivity index (χ3n) is 3.32. The van der Waals surface area contributed by atoms with Gasteiger partial charge in [-0.2, -0.15) is 0 Å². The monoisotopic (exact) mass is 236 g/mol. The van der Waals surface area contributed by atoms with E-state index in [0.29, 0.717) is 25.2 Å². The summed E-state index contributed by atoms with van der Waals surface area (Å²) in [6.45, 7) is 0.369. The number of ether oxygens (including phenoxy) is 2. The van der Waals surface area contributed by atoms with Crippen LogP contribution < -0.4 is 4.74 Å². The van der Waals surface area contributed by atoms with E-state index < -0.39 is 11.4 Å². The van der Waals surface area contributed by atoms with Crippen LogP contribution in [0.3, 0.4) is 0 Å². The second-order valence-electron chi connectivity index (χ2n) is 4.31. The van der Waals surface area contributed by atoms with E-state index in [9.17, 15) is 9.90 Å². The number of rotatable bonds is 5. The van der Waals surface area contributed by atoms with Crippen molar-refractivity contribution < 1.29 is 19.4 Å². The van der Waals surface area contributed by atoms with Crippen LogP contribution in [0.1, 0.15) is 24.0 Å². The van der Waals surface area contributed by atoms with Crippen LogP contribution in [0.2, 0.25) is 0 Å². The SMILES string of the molecule is COCc1c(OC)cccc1C1(C(=O)O)CC1. The summed E-state index contributed by atoms with van der Waals surface area (Å²) in [4.78, 5) is 11.4. The normalized spacial score (nSPS) is 16.6. The highest BCUT2D eigenvalue weighted by atomic mass is 16.5. The van der Waals surface area contributed by atoms with E-state index in [-0.39, 0.29) is 0 Å². The van der Waals surface area contributed by atoms with E-state index in [0.717, 1.165) is 11.1 Å². The van der Waals surface area contributed by atoms with Crippen molar-refractivity contribution in [1.82, 2.24) is 0 Å². The van der Waals surface area contributed by atoms with E-state index >= 15 is 0 Å². The fourth-order valence-electron chi connectivity index (χ4n) is 2.22. The lowest BCUT2D eigenvalue weighted by atomic mass is 9.91. The van der Waals surface area contributed by atoms with Crippen LogP contribution in [-0.4, -0.2) is 25.3 Å². The second-order valence-corrected chi connectivity index (χ2v) is 4.31. The largest absolute Gasteiger partial charge is 0.496 e. The van der Waals surface area contributed by atoms with E-state index in [1.165, 1.54) is 0 Å².